The molecular weight excluding hydrogens is 833 g/mol. The van der Waals surface area contributed by atoms with E-state index in [1.165, 1.54) is 221 Å². The molecule has 0 aliphatic carbocycles. The average molecular weight is 911 g/mol. The number of hydrogen-bond donors (Lipinski definition) is 0. The first-order valence-corrected chi connectivity index (χ1v) is 25.7. The number of rotatable bonds is 3. The van der Waals surface area contributed by atoms with Crippen molar-refractivity contribution in [2.24, 2.45) is 0 Å². The molecule has 0 atom stereocenters. The Balaban J connectivity index is 1.66. The molecule has 1 heterocycles. The maximum Gasteiger partial charge on any atom is 0.138 e. The summed E-state index contributed by atoms with van der Waals surface area (Å²) < 4.78 is 7.07. The van der Waals surface area contributed by atoms with Gasteiger partial charge < -0.3 is 4.42 Å². The number of benzene rings is 8. The highest BCUT2D eigenvalue weighted by Gasteiger charge is 2.33. The summed E-state index contributed by atoms with van der Waals surface area (Å²) in [5, 5.41) is 11.0. The predicted octanol–water partition coefficient (Wildman–Crippen LogP) is 20.1. The third-order valence-corrected chi connectivity index (χ3v) is 19.9. The van der Waals surface area contributed by atoms with Crippen LogP contribution in [0.1, 0.15) is 145 Å². The predicted molar refractivity (Wildman–Crippen MR) is 306 cm³/mol. The summed E-state index contributed by atoms with van der Waals surface area (Å²) in [5.74, 6) is 0. The average Bonchev–Trinajstić information content (AvgIpc) is 3.73. The van der Waals surface area contributed by atoms with E-state index in [0.29, 0.717) is 0 Å². The first-order valence-electron chi connectivity index (χ1n) is 25.7. The van der Waals surface area contributed by atoms with Crippen molar-refractivity contribution in [2.75, 3.05) is 0 Å². The second-order valence-electron chi connectivity index (χ2n) is 22.3. The van der Waals surface area contributed by atoms with Gasteiger partial charge in [-0.2, -0.15) is 0 Å². The van der Waals surface area contributed by atoms with Crippen LogP contribution in [0.2, 0.25) is 0 Å². The number of furan rings is 1. The van der Waals surface area contributed by atoms with Gasteiger partial charge in [-0.3, -0.25) is 0 Å². The molecule has 0 aliphatic heterocycles. The molecule has 0 radical (unpaired) electrons. The molecule has 0 aliphatic rings. The molecule has 8 aromatic carbocycles. The summed E-state index contributed by atoms with van der Waals surface area (Å²) in [7, 11) is 0. The molecule has 0 bridgehead atoms. The smallest absolute Gasteiger partial charge is 0.138 e. The molecule has 1 heteroatoms. The van der Waals surface area contributed by atoms with Crippen LogP contribution in [-0.2, 0) is 0 Å². The zero-order chi connectivity index (χ0) is 51.0. The van der Waals surface area contributed by atoms with Gasteiger partial charge in [0.2, 0.25) is 0 Å². The third-order valence-electron chi connectivity index (χ3n) is 19.9. The van der Waals surface area contributed by atoms with Crippen molar-refractivity contribution in [3.8, 4) is 33.4 Å². The van der Waals surface area contributed by atoms with Gasteiger partial charge in [-0.1, -0.05) is 0 Å². The van der Waals surface area contributed by atoms with E-state index in [-0.39, 0.29) is 0 Å². The van der Waals surface area contributed by atoms with E-state index in [0.717, 1.165) is 11.2 Å². The Hall–Kier alpha value is -5.66. The summed E-state index contributed by atoms with van der Waals surface area (Å²) >= 11 is 0. The third kappa shape index (κ3) is 6.01. The molecule has 1 nitrogen and oxygen atoms in total. The van der Waals surface area contributed by atoms with Gasteiger partial charge in [0, 0.05) is 10.8 Å². The monoisotopic (exact) mass is 911 g/mol. The molecule has 0 amide bonds. The van der Waals surface area contributed by atoms with Crippen molar-refractivity contribution in [3.05, 3.63) is 145 Å². The molecule has 0 spiro atoms. The van der Waals surface area contributed by atoms with Crippen LogP contribution in [0, 0.1) is 180 Å². The second kappa shape index (κ2) is 15.9. The highest BCUT2D eigenvalue weighted by atomic mass is 16.3. The van der Waals surface area contributed by atoms with Crippen LogP contribution in [0.5, 0.6) is 0 Å². The zero-order valence-corrected chi connectivity index (χ0v) is 47.4. The van der Waals surface area contributed by atoms with Crippen molar-refractivity contribution in [1.29, 1.82) is 0 Å². The van der Waals surface area contributed by atoms with Gasteiger partial charge in [-0.25, -0.2) is 0 Å². The maximum atomic E-state index is 7.07. The van der Waals surface area contributed by atoms with Gasteiger partial charge in [-0.15, -0.1) is 0 Å². The second-order valence-corrected chi connectivity index (χ2v) is 22.3. The Morgan fingerprint density at radius 1 is 0.130 bits per heavy atom. The summed E-state index contributed by atoms with van der Waals surface area (Å²) in [4.78, 5) is 0. The number of fused-ring (bicyclic) bond motifs is 6. The van der Waals surface area contributed by atoms with Gasteiger partial charge in [-0.05, 0) is 390 Å². The quantitative estimate of drug-likeness (QED) is 0.161. The molecule has 1 aromatic heterocycles. The van der Waals surface area contributed by atoms with Crippen LogP contribution in [-0.4, -0.2) is 0 Å². The Kier molecular flexibility index (Phi) is 11.2. The standard InChI is InChI=1S/C68H78O/c1-27-28(2)38(12)53(39(13)29(27)3)62-51(25)56(50(24)54-40(14)30(4)31(5)41(15)57(54)62)66-60-44(18)34(8)32(6)42(16)58(60)65(59-43(17)33(7)35(9)45(19)61(59)66)55-47(21)49(23)68-64(52(55)26)63-46(20)36(10)37(11)48(22)67(63)69-68/h1-26H3. The minimum atomic E-state index is 1.03. The summed E-state index contributed by atoms with van der Waals surface area (Å²) in [6.45, 7) is 61.6. The molecule has 0 fully saturated rings. The normalized spacial score (nSPS) is 12.2. The topological polar surface area (TPSA) is 13.1 Å². The molecule has 0 unspecified atom stereocenters. The minimum Gasteiger partial charge on any atom is -0.455 e. The van der Waals surface area contributed by atoms with E-state index in [2.05, 4.69) is 180 Å². The molecule has 69 heavy (non-hydrogen) atoms. The van der Waals surface area contributed by atoms with E-state index >= 15 is 0 Å². The van der Waals surface area contributed by atoms with E-state index < -0.39 is 0 Å². The Bertz CT molecular complexity index is 3790. The van der Waals surface area contributed by atoms with Crippen molar-refractivity contribution in [1.82, 2.24) is 0 Å². The van der Waals surface area contributed by atoms with Crippen molar-refractivity contribution in [2.45, 2.75) is 180 Å². The van der Waals surface area contributed by atoms with Gasteiger partial charge in [0.25, 0.3) is 0 Å². The molecule has 0 saturated heterocycles. The Morgan fingerprint density at radius 2 is 0.333 bits per heavy atom. The van der Waals surface area contributed by atoms with Gasteiger partial charge >= 0.3 is 0 Å². The molecule has 356 valence electrons. The summed E-state index contributed by atoms with van der Waals surface area (Å²) in [6.07, 6.45) is 0. The van der Waals surface area contributed by atoms with E-state index in [9.17, 15) is 0 Å². The lowest BCUT2D eigenvalue weighted by atomic mass is 9.72. The van der Waals surface area contributed by atoms with Crippen LogP contribution in [0.25, 0.3) is 87.6 Å². The summed E-state index contributed by atoms with van der Waals surface area (Å²) in [5.41, 5.74) is 45.9. The molecule has 9 aromatic rings. The van der Waals surface area contributed by atoms with Crippen LogP contribution >= 0.6 is 0 Å². The SMILES string of the molecule is Cc1c(C)c(C)c(-c2c(C)c(-c3c4c(C)c(C)c(C)c(C)c4c(-c4c(C)c(C)c5oc6c(C)c(C)c(C)c(C)c6c5c4C)c4c(C)c(C)c(C)c(C)c34)c(C)c3c(C)c(C)c(C)c(C)c23)c(C)c1C. The zero-order valence-electron chi connectivity index (χ0n) is 47.4. The molecular formula is C68H78O. The number of hydrogen-bond acceptors (Lipinski definition) is 1. The van der Waals surface area contributed by atoms with Crippen molar-refractivity contribution in [3.63, 3.8) is 0 Å². The molecule has 9 rings (SSSR count). The van der Waals surface area contributed by atoms with Gasteiger partial charge in [0.15, 0.2) is 0 Å². The largest absolute Gasteiger partial charge is 0.455 e. The van der Waals surface area contributed by atoms with Crippen molar-refractivity contribution < 1.29 is 4.42 Å². The lowest BCUT2D eigenvalue weighted by Crippen LogP contribution is -2.08. The van der Waals surface area contributed by atoms with E-state index in [1.54, 1.807) is 0 Å². The molecule has 0 N–H and O–H groups in total. The fraction of sp³-hybridized carbons (Fsp3) is 0.382. The van der Waals surface area contributed by atoms with Crippen LogP contribution in [0.15, 0.2) is 4.42 Å². The van der Waals surface area contributed by atoms with Gasteiger partial charge in [0.05, 0.1) is 0 Å². The lowest BCUT2D eigenvalue weighted by Gasteiger charge is -2.31. The van der Waals surface area contributed by atoms with Crippen LogP contribution in [0.3, 0.4) is 0 Å². The van der Waals surface area contributed by atoms with E-state index in [4.69, 9.17) is 4.42 Å². The van der Waals surface area contributed by atoms with Crippen molar-refractivity contribution >= 4 is 54.3 Å². The maximum absolute atomic E-state index is 7.07. The van der Waals surface area contributed by atoms with E-state index in [1.807, 2.05) is 0 Å². The number of aryl methyl sites for hydroxylation is 11. The Morgan fingerprint density at radius 3 is 0.710 bits per heavy atom. The summed E-state index contributed by atoms with van der Waals surface area (Å²) in [6, 6.07) is 0. The molecule has 0 saturated carbocycles. The fourth-order valence-electron chi connectivity index (χ4n) is 13.7. The first-order chi connectivity index (χ1) is 32.2. The highest BCUT2D eigenvalue weighted by Crippen LogP contribution is 2.57. The first kappa shape index (κ1) is 48.4. The van der Waals surface area contributed by atoms with Crippen LogP contribution < -0.4 is 0 Å². The lowest BCUT2D eigenvalue weighted by molar-refractivity contribution is 0.661. The Labute approximate surface area is 414 Å². The van der Waals surface area contributed by atoms with Gasteiger partial charge in [0.1, 0.15) is 11.2 Å². The highest BCUT2D eigenvalue weighted by molar-refractivity contribution is 6.28. The fourth-order valence-corrected chi connectivity index (χ4v) is 13.7. The minimum absolute atomic E-state index is 1.03. The van der Waals surface area contributed by atoms with Crippen LogP contribution in [0.4, 0.5) is 0 Å².